The zero-order chi connectivity index (χ0) is 22.0. The van der Waals surface area contributed by atoms with Crippen LogP contribution in [0.5, 0.6) is 0 Å². The van der Waals surface area contributed by atoms with Gasteiger partial charge in [-0.25, -0.2) is 22.2 Å². The predicted octanol–water partition coefficient (Wildman–Crippen LogP) is 5.02. The van der Waals surface area contributed by atoms with Crippen molar-refractivity contribution in [1.29, 1.82) is 0 Å². The first-order chi connectivity index (χ1) is 14.9. The normalized spacial score (nSPS) is 15.4. The molecule has 1 aliphatic heterocycles. The highest BCUT2D eigenvalue weighted by Crippen LogP contribution is 2.31. The van der Waals surface area contributed by atoms with E-state index in [4.69, 9.17) is 4.98 Å². The minimum Gasteiger partial charge on any atom is -0.348 e. The molecule has 0 unspecified atom stereocenters. The highest BCUT2D eigenvalue weighted by Gasteiger charge is 2.35. The number of anilines is 1. The molecule has 3 aromatic rings. The Kier molecular flexibility index (Phi) is 6.39. The summed E-state index contributed by atoms with van der Waals surface area (Å²) in [5, 5.41) is 2.08. The van der Waals surface area contributed by atoms with E-state index in [0.29, 0.717) is 25.9 Å². The molecule has 0 amide bonds. The third kappa shape index (κ3) is 4.65. The number of rotatable bonds is 6. The monoisotopic (exact) mass is 462 g/mol. The minimum absolute atomic E-state index is 0.309. The molecule has 1 aliphatic rings. The second-order valence-corrected chi connectivity index (χ2v) is 10.8. The van der Waals surface area contributed by atoms with Crippen LogP contribution in [0, 0.1) is 11.6 Å². The second-order valence-electron chi connectivity index (χ2n) is 7.75. The Morgan fingerprint density at radius 1 is 1.03 bits per heavy atom. The van der Waals surface area contributed by atoms with Gasteiger partial charge < -0.3 is 4.90 Å². The van der Waals surface area contributed by atoms with Gasteiger partial charge in [-0.05, 0) is 42.5 Å². The van der Waals surface area contributed by atoms with Crippen LogP contribution >= 0.6 is 11.3 Å². The fourth-order valence-corrected chi connectivity index (χ4v) is 6.63. The molecular formula is C23H24F2N2O2S2. The number of hydrogen-bond acceptors (Lipinski definition) is 5. The average molecular weight is 463 g/mol. The van der Waals surface area contributed by atoms with Gasteiger partial charge in [0.05, 0.1) is 10.9 Å². The number of aryl methyl sites for hydroxylation is 1. The first-order valence-corrected chi connectivity index (χ1v) is 12.8. The molecule has 4 nitrogen and oxygen atoms in total. The topological polar surface area (TPSA) is 50.3 Å². The van der Waals surface area contributed by atoms with E-state index in [9.17, 15) is 17.2 Å². The fraction of sp³-hybridized carbons (Fsp3) is 0.348. The van der Waals surface area contributed by atoms with Gasteiger partial charge in [0, 0.05) is 24.9 Å². The molecule has 0 saturated carbocycles. The van der Waals surface area contributed by atoms with E-state index in [1.807, 2.05) is 5.38 Å². The largest absolute Gasteiger partial charge is 0.348 e. The number of piperidine rings is 1. The Morgan fingerprint density at radius 2 is 1.65 bits per heavy atom. The summed E-state index contributed by atoms with van der Waals surface area (Å²) in [6, 6.07) is 11.6. The molecule has 8 heteroatoms. The predicted molar refractivity (Wildman–Crippen MR) is 120 cm³/mol. The Morgan fingerprint density at radius 3 is 2.26 bits per heavy atom. The summed E-state index contributed by atoms with van der Waals surface area (Å²) in [6.45, 7) is 3.10. The smallest absolute Gasteiger partial charge is 0.187 e. The first-order valence-electron chi connectivity index (χ1n) is 10.3. The van der Waals surface area contributed by atoms with Crippen LogP contribution in [0.1, 0.15) is 36.6 Å². The third-order valence-electron chi connectivity index (χ3n) is 5.71. The highest BCUT2D eigenvalue weighted by molar-refractivity contribution is 7.92. The van der Waals surface area contributed by atoms with E-state index in [2.05, 4.69) is 36.1 Å². The van der Waals surface area contributed by atoms with Gasteiger partial charge in [-0.2, -0.15) is 0 Å². The number of hydrogen-bond donors (Lipinski definition) is 0. The Labute approximate surface area is 185 Å². The lowest BCUT2D eigenvalue weighted by molar-refractivity contribution is 0.497. The molecule has 164 valence electrons. The van der Waals surface area contributed by atoms with Crippen LogP contribution < -0.4 is 4.90 Å². The number of halogens is 2. The summed E-state index contributed by atoms with van der Waals surface area (Å²) in [4.78, 5) is 5.97. The van der Waals surface area contributed by atoms with Crippen LogP contribution in [-0.2, 0) is 22.7 Å². The van der Waals surface area contributed by atoms with E-state index in [1.165, 1.54) is 28.5 Å². The Balaban J connectivity index is 1.41. The molecule has 2 heterocycles. The number of sulfone groups is 1. The van der Waals surface area contributed by atoms with Gasteiger partial charge in [-0.1, -0.05) is 37.3 Å². The van der Waals surface area contributed by atoms with Crippen LogP contribution in [0.3, 0.4) is 0 Å². The number of aromatic nitrogens is 1. The highest BCUT2D eigenvalue weighted by atomic mass is 32.2. The van der Waals surface area contributed by atoms with Gasteiger partial charge in [-0.3, -0.25) is 0 Å². The summed E-state index contributed by atoms with van der Waals surface area (Å²) in [5.41, 5.74) is 3.48. The van der Waals surface area contributed by atoms with E-state index in [1.54, 1.807) is 0 Å². The molecular weight excluding hydrogens is 438 g/mol. The summed E-state index contributed by atoms with van der Waals surface area (Å²) >= 11 is 1.54. The Hall–Kier alpha value is -2.32. The molecule has 0 N–H and O–H groups in total. The van der Waals surface area contributed by atoms with Crippen molar-refractivity contribution in [3.05, 3.63) is 76.3 Å². The lowest BCUT2D eigenvalue weighted by Crippen LogP contribution is -2.39. The van der Waals surface area contributed by atoms with Crippen molar-refractivity contribution in [2.75, 3.05) is 18.0 Å². The molecule has 1 saturated heterocycles. The van der Waals surface area contributed by atoms with Crippen LogP contribution in [0.2, 0.25) is 0 Å². The number of nitrogens with zero attached hydrogens (tertiary/aromatic N) is 2. The Bertz CT molecular complexity index is 1130. The molecule has 0 atom stereocenters. The standard InChI is InChI=1S/C23H24F2N2O2S2/c1-2-16-6-8-17(9-7-16)14-18-15-30-23(26-18)27-12-10-19(11-13-27)31(28,29)22-20(24)4-3-5-21(22)25/h3-9,15,19H,2,10-14H2,1H3. The van der Waals surface area contributed by atoms with Gasteiger partial charge in [0.1, 0.15) is 16.5 Å². The molecule has 0 aliphatic carbocycles. The summed E-state index contributed by atoms with van der Waals surface area (Å²) in [6.07, 6.45) is 2.38. The van der Waals surface area contributed by atoms with E-state index in [0.717, 1.165) is 35.8 Å². The van der Waals surface area contributed by atoms with Gasteiger partial charge >= 0.3 is 0 Å². The quantitative estimate of drug-likeness (QED) is 0.516. The maximum atomic E-state index is 14.0. The van der Waals surface area contributed by atoms with Gasteiger partial charge in [-0.15, -0.1) is 11.3 Å². The fourth-order valence-electron chi connectivity index (χ4n) is 3.90. The SMILES string of the molecule is CCc1ccc(Cc2csc(N3CCC(S(=O)(=O)c4c(F)cccc4F)CC3)n2)cc1. The molecule has 31 heavy (non-hydrogen) atoms. The van der Waals surface area contributed by atoms with E-state index in [-0.39, 0.29) is 0 Å². The van der Waals surface area contributed by atoms with Gasteiger partial charge in [0.2, 0.25) is 0 Å². The molecule has 2 aromatic carbocycles. The zero-order valence-corrected chi connectivity index (χ0v) is 18.9. The summed E-state index contributed by atoms with van der Waals surface area (Å²) < 4.78 is 53.7. The maximum Gasteiger partial charge on any atom is 0.187 e. The third-order valence-corrected chi connectivity index (χ3v) is 8.97. The second kappa shape index (κ2) is 9.04. The molecule has 4 rings (SSSR count). The lowest BCUT2D eigenvalue weighted by Gasteiger charge is -2.31. The molecule has 0 radical (unpaired) electrons. The van der Waals surface area contributed by atoms with Gasteiger partial charge in [0.15, 0.2) is 15.0 Å². The zero-order valence-electron chi connectivity index (χ0n) is 17.2. The number of thiazole rings is 1. The average Bonchev–Trinajstić information content (AvgIpc) is 3.22. The van der Waals surface area contributed by atoms with Crippen LogP contribution in [0.4, 0.5) is 13.9 Å². The summed E-state index contributed by atoms with van der Waals surface area (Å²) in [5.74, 6) is -2.06. The lowest BCUT2D eigenvalue weighted by atomic mass is 10.1. The minimum atomic E-state index is -4.06. The van der Waals surface area contributed by atoms with Crippen molar-refractivity contribution >= 4 is 26.3 Å². The van der Waals surface area contributed by atoms with Crippen LogP contribution in [-0.4, -0.2) is 31.7 Å². The van der Waals surface area contributed by atoms with Gasteiger partial charge in [0.25, 0.3) is 0 Å². The molecule has 0 spiro atoms. The van der Waals surface area contributed by atoms with Crippen molar-refractivity contribution in [3.63, 3.8) is 0 Å². The van der Waals surface area contributed by atoms with Crippen molar-refractivity contribution in [2.45, 2.75) is 42.8 Å². The van der Waals surface area contributed by atoms with E-state index < -0.39 is 31.6 Å². The van der Waals surface area contributed by atoms with Crippen LogP contribution in [0.25, 0.3) is 0 Å². The first kappa shape index (κ1) is 21.9. The number of benzene rings is 2. The maximum absolute atomic E-state index is 14.0. The molecule has 0 bridgehead atoms. The summed E-state index contributed by atoms with van der Waals surface area (Å²) in [7, 11) is -4.06. The molecule has 1 aromatic heterocycles. The van der Waals surface area contributed by atoms with E-state index >= 15 is 0 Å². The van der Waals surface area contributed by atoms with Crippen molar-refractivity contribution in [1.82, 2.24) is 4.98 Å². The van der Waals surface area contributed by atoms with Crippen molar-refractivity contribution in [3.8, 4) is 0 Å². The molecule has 1 fully saturated rings. The van der Waals surface area contributed by atoms with Crippen molar-refractivity contribution < 1.29 is 17.2 Å². The van der Waals surface area contributed by atoms with Crippen molar-refractivity contribution in [2.24, 2.45) is 0 Å². The van der Waals surface area contributed by atoms with Crippen LogP contribution in [0.15, 0.2) is 52.7 Å².